The number of aliphatic hydroxyl groups excluding tert-OH is 1. The number of fused-ring (bicyclic) bond motifs is 1. The van der Waals surface area contributed by atoms with Gasteiger partial charge in [0.2, 0.25) is 5.91 Å². The summed E-state index contributed by atoms with van der Waals surface area (Å²) in [5, 5.41) is 18.0. The highest BCUT2D eigenvalue weighted by atomic mass is 16.5. The number of ether oxygens (including phenoxy) is 1. The van der Waals surface area contributed by atoms with Crippen LogP contribution in [0.25, 0.3) is 10.8 Å². The van der Waals surface area contributed by atoms with Crippen LogP contribution in [-0.2, 0) is 25.7 Å². The van der Waals surface area contributed by atoms with Crippen LogP contribution in [0.5, 0.6) is 0 Å². The number of anilines is 1. The number of rotatable bonds is 13. The molecule has 1 heterocycles. The molecule has 3 aromatic carbocycles. The Kier molecular flexibility index (Phi) is 12.1. The van der Waals surface area contributed by atoms with Gasteiger partial charge in [0, 0.05) is 11.8 Å². The second-order valence-electron chi connectivity index (χ2n) is 12.9. The number of imide groups is 1. The van der Waals surface area contributed by atoms with Gasteiger partial charge >= 0.3 is 17.9 Å². The van der Waals surface area contributed by atoms with Crippen molar-refractivity contribution in [2.45, 2.75) is 84.7 Å². The van der Waals surface area contributed by atoms with Gasteiger partial charge in [-0.25, -0.2) is 14.4 Å². The van der Waals surface area contributed by atoms with Gasteiger partial charge in [-0.3, -0.25) is 9.69 Å². The molecule has 256 valence electrons. The molecular weight excluding hydrogens is 610 g/mol. The number of aliphatic hydroxyl groups is 1. The highest BCUT2D eigenvalue weighted by Crippen LogP contribution is 2.37. The van der Waals surface area contributed by atoms with Crippen LogP contribution in [0.2, 0.25) is 0 Å². The number of nitrogens with two attached hydrogens (primary N) is 1. The molecule has 11 heteroatoms. The molecule has 2 unspecified atom stereocenters. The first-order valence-corrected chi connectivity index (χ1v) is 16.5. The second-order valence-corrected chi connectivity index (χ2v) is 12.9. The maximum atomic E-state index is 14.0. The van der Waals surface area contributed by atoms with Gasteiger partial charge in [0.1, 0.15) is 24.9 Å². The van der Waals surface area contributed by atoms with E-state index in [-0.39, 0.29) is 37.9 Å². The van der Waals surface area contributed by atoms with E-state index in [0.29, 0.717) is 12.1 Å². The summed E-state index contributed by atoms with van der Waals surface area (Å²) in [6.45, 7) is 8.74. The number of nitrogens with zero attached hydrogens (tertiary/aromatic N) is 2. The van der Waals surface area contributed by atoms with E-state index in [2.05, 4.69) is 10.6 Å². The van der Waals surface area contributed by atoms with Crippen molar-refractivity contribution in [3.63, 3.8) is 0 Å². The first-order valence-electron chi connectivity index (χ1n) is 16.5. The minimum atomic E-state index is -1.19. The topological polar surface area (TPSA) is 151 Å². The van der Waals surface area contributed by atoms with Crippen molar-refractivity contribution in [1.29, 1.82) is 0 Å². The highest BCUT2D eigenvalue weighted by Gasteiger charge is 2.51. The Labute approximate surface area is 282 Å². The van der Waals surface area contributed by atoms with Crippen LogP contribution in [0, 0.1) is 5.92 Å². The maximum Gasteiger partial charge on any atom is 0.408 e. The van der Waals surface area contributed by atoms with E-state index >= 15 is 0 Å². The average molecular weight is 659 g/mol. The van der Waals surface area contributed by atoms with E-state index in [1.165, 1.54) is 0 Å². The molecule has 1 aliphatic heterocycles. The van der Waals surface area contributed by atoms with E-state index in [9.17, 15) is 24.3 Å². The van der Waals surface area contributed by atoms with Crippen molar-refractivity contribution in [2.24, 2.45) is 11.7 Å². The Bertz CT molecular complexity index is 1630. The van der Waals surface area contributed by atoms with E-state index in [4.69, 9.17) is 10.5 Å². The third-order valence-corrected chi connectivity index (χ3v) is 8.54. The Morgan fingerprint density at radius 2 is 1.60 bits per heavy atom. The molecule has 48 heavy (non-hydrogen) atoms. The first-order chi connectivity index (χ1) is 22.9. The standard InChI is InChI=1S/C37H47N5O6/c1-6-34(44)42(36(46)25(4)38)21-29(41(23-42)33-18-12-16-28-15-10-11-17-30(28)33)20-32(35(45)39-31(26(5)43)19-24(2)3)40-37(47)48-22-27-13-8-7-9-14-27/h7-18,21,24-26,31-32,43H,6,19-20,22-23,38H2,1-5H3,(H-,39,40,45,47)/p+1/t25-,26-,31-,32?,42?/m0/s1. The fourth-order valence-corrected chi connectivity index (χ4v) is 6.06. The summed E-state index contributed by atoms with van der Waals surface area (Å²) >= 11 is 0. The van der Waals surface area contributed by atoms with Crippen molar-refractivity contribution in [1.82, 2.24) is 10.6 Å². The molecule has 0 bridgehead atoms. The molecule has 0 radical (unpaired) electrons. The number of nitrogens with one attached hydrogen (secondary N) is 2. The van der Waals surface area contributed by atoms with Crippen molar-refractivity contribution < 1.29 is 33.5 Å². The molecule has 5 N–H and O–H groups in total. The monoisotopic (exact) mass is 658 g/mol. The largest absolute Gasteiger partial charge is 0.445 e. The molecular formula is C37H48N5O6+. The van der Waals surface area contributed by atoms with Crippen LogP contribution in [0.15, 0.2) is 84.7 Å². The van der Waals surface area contributed by atoms with E-state index in [1.807, 2.05) is 91.5 Å². The molecule has 5 atom stereocenters. The molecule has 3 aromatic rings. The summed E-state index contributed by atoms with van der Waals surface area (Å²) < 4.78 is 4.82. The van der Waals surface area contributed by atoms with Crippen LogP contribution < -0.4 is 21.3 Å². The highest BCUT2D eigenvalue weighted by molar-refractivity contribution is 5.96. The summed E-state index contributed by atoms with van der Waals surface area (Å²) in [6.07, 6.45) is 0.390. The fourth-order valence-electron chi connectivity index (χ4n) is 6.06. The second kappa shape index (κ2) is 16.0. The molecule has 1 aliphatic rings. The number of amides is 4. The lowest BCUT2D eigenvalue weighted by molar-refractivity contribution is -0.719. The minimum absolute atomic E-state index is 0.0105. The van der Waals surface area contributed by atoms with E-state index in [1.54, 1.807) is 27.0 Å². The summed E-state index contributed by atoms with van der Waals surface area (Å²) in [4.78, 5) is 56.4. The summed E-state index contributed by atoms with van der Waals surface area (Å²) in [6, 6.07) is 19.9. The number of carbonyl (C=O) groups is 4. The van der Waals surface area contributed by atoms with E-state index < -0.39 is 46.6 Å². The Morgan fingerprint density at radius 3 is 2.25 bits per heavy atom. The number of alkyl carbamates (subject to hydrolysis) is 1. The molecule has 0 saturated heterocycles. The number of hydrogen-bond acceptors (Lipinski definition) is 8. The summed E-state index contributed by atoms with van der Waals surface area (Å²) in [5.41, 5.74) is 8.08. The number of carbonyl (C=O) groups excluding carboxylic acids is 4. The number of benzene rings is 3. The van der Waals surface area contributed by atoms with E-state index in [0.717, 1.165) is 22.0 Å². The zero-order valence-electron chi connectivity index (χ0n) is 28.4. The summed E-state index contributed by atoms with van der Waals surface area (Å²) in [5.74, 6) is -1.19. The lowest BCUT2D eigenvalue weighted by atomic mass is 9.99. The van der Waals surface area contributed by atoms with Gasteiger partial charge in [-0.2, -0.15) is 4.48 Å². The average Bonchev–Trinajstić information content (AvgIpc) is 3.45. The molecule has 0 aliphatic carbocycles. The Balaban J connectivity index is 1.77. The lowest BCUT2D eigenvalue weighted by Crippen LogP contribution is -2.58. The maximum absolute atomic E-state index is 14.0. The molecule has 4 amide bonds. The smallest absolute Gasteiger partial charge is 0.408 e. The van der Waals surface area contributed by atoms with Crippen LogP contribution in [0.1, 0.15) is 59.4 Å². The Morgan fingerprint density at radius 1 is 0.938 bits per heavy atom. The zero-order valence-corrected chi connectivity index (χ0v) is 28.4. The van der Waals surface area contributed by atoms with Gasteiger partial charge in [0.15, 0.2) is 6.67 Å². The SMILES string of the molecule is CCC(=O)[N+]1(C(=O)[C@H](C)N)C=C(CC(NC(=O)OCc2ccccc2)C(=O)N[C@@H](CC(C)C)[C@H](C)O)N(c2cccc3ccccc23)C1. The minimum Gasteiger partial charge on any atom is -0.445 e. The summed E-state index contributed by atoms with van der Waals surface area (Å²) in [7, 11) is 0. The predicted molar refractivity (Wildman–Crippen MR) is 185 cm³/mol. The zero-order chi connectivity index (χ0) is 35.0. The van der Waals surface area contributed by atoms with Gasteiger partial charge in [-0.05, 0) is 43.2 Å². The van der Waals surface area contributed by atoms with Crippen molar-refractivity contribution >= 4 is 40.3 Å². The van der Waals surface area contributed by atoms with Gasteiger partial charge in [0.25, 0.3) is 0 Å². The fraction of sp³-hybridized carbons (Fsp3) is 0.405. The lowest BCUT2D eigenvalue weighted by Gasteiger charge is -2.30. The first kappa shape index (κ1) is 36.3. The normalized spacial score (nSPS) is 18.5. The van der Waals surface area contributed by atoms with Crippen molar-refractivity contribution in [2.75, 3.05) is 11.6 Å². The third kappa shape index (κ3) is 8.46. The molecule has 0 spiro atoms. The van der Waals surface area contributed by atoms with Gasteiger partial charge in [-0.15, -0.1) is 0 Å². The quantitative estimate of drug-likeness (QED) is 0.193. The molecule has 4 rings (SSSR count). The molecule has 11 nitrogen and oxygen atoms in total. The Hall–Kier alpha value is -4.58. The van der Waals surface area contributed by atoms with Crippen molar-refractivity contribution in [3.8, 4) is 0 Å². The third-order valence-electron chi connectivity index (χ3n) is 8.54. The van der Waals surface area contributed by atoms with Crippen LogP contribution >= 0.6 is 0 Å². The van der Waals surface area contributed by atoms with Crippen LogP contribution in [0.4, 0.5) is 10.5 Å². The number of quaternary nitrogens is 1. The number of hydrogen-bond donors (Lipinski definition) is 4. The van der Waals surface area contributed by atoms with Crippen molar-refractivity contribution in [3.05, 3.63) is 90.3 Å². The van der Waals surface area contributed by atoms with Crippen LogP contribution in [-0.4, -0.2) is 64.3 Å². The van der Waals surface area contributed by atoms with Gasteiger partial charge in [-0.1, -0.05) is 87.5 Å². The predicted octanol–water partition coefficient (Wildman–Crippen LogP) is 4.68. The molecule has 0 aromatic heterocycles. The van der Waals surface area contributed by atoms with Gasteiger partial charge < -0.3 is 26.2 Å². The van der Waals surface area contributed by atoms with Gasteiger partial charge in [0.05, 0.1) is 30.0 Å². The molecule has 0 fully saturated rings. The van der Waals surface area contributed by atoms with Crippen LogP contribution in [0.3, 0.4) is 0 Å². The molecule has 0 saturated carbocycles.